The van der Waals surface area contributed by atoms with E-state index < -0.39 is 5.60 Å². The number of hydrogen-bond acceptors (Lipinski definition) is 4. The van der Waals surface area contributed by atoms with Crippen molar-refractivity contribution in [2.45, 2.75) is 43.6 Å². The summed E-state index contributed by atoms with van der Waals surface area (Å²) in [5, 5.41) is 15.5. The van der Waals surface area contributed by atoms with E-state index >= 15 is 0 Å². The Kier molecular flexibility index (Phi) is 5.76. The monoisotopic (exact) mass is 359 g/mol. The Bertz CT molecular complexity index is 675. The molecule has 1 fully saturated rings. The molecule has 2 N–H and O–H groups in total. The molecule has 25 heavy (non-hydrogen) atoms. The first-order valence-electron chi connectivity index (χ1n) is 8.76. The van der Waals surface area contributed by atoms with E-state index in [1.54, 1.807) is 18.4 Å². The summed E-state index contributed by atoms with van der Waals surface area (Å²) >= 11 is 1.66. The fraction of sp³-hybridized carbons (Fsp3) is 0.450. The molecule has 2 aromatic rings. The van der Waals surface area contributed by atoms with Gasteiger partial charge in [0.25, 0.3) is 0 Å². The van der Waals surface area contributed by atoms with Crippen LogP contribution in [0.3, 0.4) is 0 Å². The van der Waals surface area contributed by atoms with Crippen LogP contribution in [0.4, 0.5) is 0 Å². The van der Waals surface area contributed by atoms with Crippen molar-refractivity contribution in [1.29, 1.82) is 0 Å². The quantitative estimate of drug-likeness (QED) is 0.795. The average Bonchev–Trinajstić information content (AvgIpc) is 3.30. The van der Waals surface area contributed by atoms with Crippen LogP contribution in [-0.2, 0) is 11.2 Å². The number of ether oxygens (including phenoxy) is 1. The Balaban J connectivity index is 1.73. The SMILES string of the molecule is COc1ccc(C(Cc2cccs2)C(=O)NCC2(O)CCCC2)cc1. The molecular weight excluding hydrogens is 334 g/mol. The number of aliphatic hydroxyl groups is 1. The van der Waals surface area contributed by atoms with Crippen molar-refractivity contribution in [3.63, 3.8) is 0 Å². The lowest BCUT2D eigenvalue weighted by atomic mass is 9.93. The Hall–Kier alpha value is -1.85. The zero-order valence-corrected chi connectivity index (χ0v) is 15.3. The summed E-state index contributed by atoms with van der Waals surface area (Å²) in [6.45, 7) is 0.336. The van der Waals surface area contributed by atoms with Gasteiger partial charge in [0.1, 0.15) is 5.75 Å². The molecule has 3 rings (SSSR count). The molecule has 0 saturated heterocycles. The maximum Gasteiger partial charge on any atom is 0.228 e. The number of benzene rings is 1. The minimum atomic E-state index is -0.733. The van der Waals surface area contributed by atoms with E-state index in [-0.39, 0.29) is 11.8 Å². The molecule has 1 aromatic carbocycles. The summed E-state index contributed by atoms with van der Waals surface area (Å²) in [5.74, 6) is 0.479. The van der Waals surface area contributed by atoms with E-state index in [1.165, 1.54) is 4.88 Å². The number of nitrogens with one attached hydrogen (secondary N) is 1. The van der Waals surface area contributed by atoms with Crippen LogP contribution in [0.2, 0.25) is 0 Å². The second kappa shape index (κ2) is 8.02. The van der Waals surface area contributed by atoms with Crippen LogP contribution in [0.1, 0.15) is 42.0 Å². The van der Waals surface area contributed by atoms with E-state index in [2.05, 4.69) is 11.4 Å². The van der Waals surface area contributed by atoms with E-state index in [1.807, 2.05) is 35.7 Å². The molecule has 1 unspecified atom stereocenters. The number of thiophene rings is 1. The van der Waals surface area contributed by atoms with E-state index in [9.17, 15) is 9.90 Å². The number of methoxy groups -OCH3 is 1. The minimum Gasteiger partial charge on any atom is -0.497 e. The molecule has 5 heteroatoms. The first-order valence-corrected chi connectivity index (χ1v) is 9.64. The molecule has 0 spiro atoms. The van der Waals surface area contributed by atoms with Crippen LogP contribution in [0.15, 0.2) is 41.8 Å². The van der Waals surface area contributed by atoms with Gasteiger partial charge < -0.3 is 15.2 Å². The van der Waals surface area contributed by atoms with Gasteiger partial charge >= 0.3 is 0 Å². The average molecular weight is 359 g/mol. The fourth-order valence-corrected chi connectivity index (χ4v) is 4.16. The van der Waals surface area contributed by atoms with Gasteiger partial charge in [0.05, 0.1) is 18.6 Å². The smallest absolute Gasteiger partial charge is 0.228 e. The molecule has 0 aliphatic heterocycles. The van der Waals surface area contributed by atoms with E-state index in [0.29, 0.717) is 13.0 Å². The Labute approximate surface area is 152 Å². The molecule has 0 bridgehead atoms. The third kappa shape index (κ3) is 4.61. The van der Waals surface area contributed by atoms with Gasteiger partial charge in [0, 0.05) is 11.4 Å². The second-order valence-electron chi connectivity index (χ2n) is 6.76. The lowest BCUT2D eigenvalue weighted by molar-refractivity contribution is -0.123. The maximum absolute atomic E-state index is 12.9. The van der Waals surface area contributed by atoms with Crippen molar-refractivity contribution < 1.29 is 14.6 Å². The highest BCUT2D eigenvalue weighted by molar-refractivity contribution is 7.09. The first-order chi connectivity index (χ1) is 12.1. The molecule has 0 radical (unpaired) electrons. The summed E-state index contributed by atoms with van der Waals surface area (Å²) in [6, 6.07) is 11.7. The molecule has 134 valence electrons. The number of hydrogen-bond donors (Lipinski definition) is 2. The number of carbonyl (C=O) groups excluding carboxylic acids is 1. The zero-order valence-electron chi connectivity index (χ0n) is 14.5. The molecular formula is C20H25NO3S. The molecule has 1 aromatic heterocycles. The van der Waals surface area contributed by atoms with Crippen molar-refractivity contribution in [3.8, 4) is 5.75 Å². The van der Waals surface area contributed by atoms with Gasteiger partial charge in [-0.1, -0.05) is 31.0 Å². The maximum atomic E-state index is 12.9. The molecule has 1 aliphatic rings. The molecule has 1 amide bonds. The summed E-state index contributed by atoms with van der Waals surface area (Å²) in [7, 11) is 1.63. The largest absolute Gasteiger partial charge is 0.497 e. The van der Waals surface area contributed by atoms with Crippen LogP contribution in [0.5, 0.6) is 5.75 Å². The molecule has 1 heterocycles. The van der Waals surface area contributed by atoms with Crippen molar-refractivity contribution >= 4 is 17.2 Å². The first kappa shape index (κ1) is 18.0. The van der Waals surface area contributed by atoms with Gasteiger partial charge in [0.15, 0.2) is 0 Å². The lowest BCUT2D eigenvalue weighted by Gasteiger charge is -2.24. The highest BCUT2D eigenvalue weighted by atomic mass is 32.1. The highest BCUT2D eigenvalue weighted by Crippen LogP contribution is 2.30. The fourth-order valence-electron chi connectivity index (χ4n) is 3.41. The van der Waals surface area contributed by atoms with Crippen LogP contribution in [-0.4, -0.2) is 30.3 Å². The van der Waals surface area contributed by atoms with Gasteiger partial charge in [-0.05, 0) is 48.4 Å². The Morgan fingerprint density at radius 1 is 1.28 bits per heavy atom. The zero-order chi connectivity index (χ0) is 17.7. The van der Waals surface area contributed by atoms with Crippen LogP contribution < -0.4 is 10.1 Å². The second-order valence-corrected chi connectivity index (χ2v) is 7.79. The highest BCUT2D eigenvalue weighted by Gasteiger charge is 2.32. The summed E-state index contributed by atoms with van der Waals surface area (Å²) in [5.41, 5.74) is 0.230. The number of rotatable bonds is 7. The number of amides is 1. The van der Waals surface area contributed by atoms with E-state index in [0.717, 1.165) is 37.0 Å². The van der Waals surface area contributed by atoms with Gasteiger partial charge in [0.2, 0.25) is 5.91 Å². The summed E-state index contributed by atoms with van der Waals surface area (Å²) in [4.78, 5) is 14.1. The summed E-state index contributed by atoms with van der Waals surface area (Å²) < 4.78 is 5.21. The van der Waals surface area contributed by atoms with Gasteiger partial charge in [-0.2, -0.15) is 0 Å². The van der Waals surface area contributed by atoms with Crippen molar-refractivity contribution in [2.75, 3.05) is 13.7 Å². The number of carbonyl (C=O) groups is 1. The molecule has 1 saturated carbocycles. The van der Waals surface area contributed by atoms with Gasteiger partial charge in [-0.15, -0.1) is 11.3 Å². The Morgan fingerprint density at radius 3 is 2.60 bits per heavy atom. The van der Waals surface area contributed by atoms with Crippen molar-refractivity contribution in [1.82, 2.24) is 5.32 Å². The van der Waals surface area contributed by atoms with Gasteiger partial charge in [-0.25, -0.2) is 0 Å². The van der Waals surface area contributed by atoms with Crippen LogP contribution in [0, 0.1) is 0 Å². The standard InChI is InChI=1S/C20H25NO3S/c1-24-16-8-6-15(7-9-16)18(13-17-5-4-12-25-17)19(22)21-14-20(23)10-2-3-11-20/h4-9,12,18,23H,2-3,10-11,13-14H2,1H3,(H,21,22). The third-order valence-corrected chi connectivity index (χ3v) is 5.84. The molecule has 1 atom stereocenters. The summed E-state index contributed by atoms with van der Waals surface area (Å²) in [6.07, 6.45) is 4.26. The minimum absolute atomic E-state index is 0.0288. The Morgan fingerprint density at radius 2 is 2.00 bits per heavy atom. The topological polar surface area (TPSA) is 58.6 Å². The van der Waals surface area contributed by atoms with E-state index in [4.69, 9.17) is 4.74 Å². The predicted octanol–water partition coefficient (Wildman–Crippen LogP) is 3.50. The van der Waals surface area contributed by atoms with Gasteiger partial charge in [-0.3, -0.25) is 4.79 Å². The predicted molar refractivity (Wildman–Crippen MR) is 100 cm³/mol. The third-order valence-electron chi connectivity index (χ3n) is 4.95. The normalized spacial score (nSPS) is 17.2. The molecule has 1 aliphatic carbocycles. The van der Waals surface area contributed by atoms with Crippen molar-refractivity contribution in [2.24, 2.45) is 0 Å². The van der Waals surface area contributed by atoms with Crippen LogP contribution >= 0.6 is 11.3 Å². The lowest BCUT2D eigenvalue weighted by Crippen LogP contribution is -2.42. The molecule has 4 nitrogen and oxygen atoms in total. The van der Waals surface area contributed by atoms with Crippen molar-refractivity contribution in [3.05, 3.63) is 52.2 Å². The van der Waals surface area contributed by atoms with Crippen LogP contribution in [0.25, 0.3) is 0 Å².